The largest absolute Gasteiger partial charge is 0.481 e. The number of carboxylic acid groups (broad SMARTS) is 1. The van der Waals surface area contributed by atoms with Gasteiger partial charge in [-0.05, 0) is 24.1 Å². The Balaban J connectivity index is 2.79. The molecular formula is C15H20N2O3. The minimum atomic E-state index is -0.828. The number of hydrogen-bond acceptors (Lipinski definition) is 2. The third-order valence-electron chi connectivity index (χ3n) is 2.94. The number of carbonyl (C=O) groups excluding carboxylic acids is 1. The molecule has 0 aromatic heterocycles. The van der Waals surface area contributed by atoms with Gasteiger partial charge < -0.3 is 10.0 Å². The standard InChI is InChI=1S/C15H20N2O3/c1-4-10-16(2)15(20)17(3)13-7-5-6-12(11-13)8-9-14(18)19/h4-7,11H,1,8-10H2,2-3H3,(H,18,19). The molecule has 1 aromatic carbocycles. The smallest absolute Gasteiger partial charge is 0.324 e. The minimum Gasteiger partial charge on any atom is -0.481 e. The Morgan fingerprint density at radius 1 is 1.35 bits per heavy atom. The van der Waals surface area contributed by atoms with Crippen molar-refractivity contribution < 1.29 is 14.7 Å². The first-order valence-corrected chi connectivity index (χ1v) is 6.36. The van der Waals surface area contributed by atoms with Crippen LogP contribution in [0.1, 0.15) is 12.0 Å². The van der Waals surface area contributed by atoms with Crippen LogP contribution in [0.5, 0.6) is 0 Å². The molecule has 0 bridgehead atoms. The molecule has 0 aliphatic carbocycles. The van der Waals surface area contributed by atoms with Crippen molar-refractivity contribution in [3.8, 4) is 0 Å². The van der Waals surface area contributed by atoms with Crippen molar-refractivity contribution in [2.75, 3.05) is 25.5 Å². The molecule has 2 amide bonds. The molecule has 1 rings (SSSR count). The molecule has 1 N–H and O–H groups in total. The second-order valence-corrected chi connectivity index (χ2v) is 4.57. The van der Waals surface area contributed by atoms with Crippen LogP contribution in [-0.2, 0) is 11.2 Å². The van der Waals surface area contributed by atoms with Crippen LogP contribution in [-0.4, -0.2) is 42.6 Å². The first-order valence-electron chi connectivity index (χ1n) is 6.36. The normalized spacial score (nSPS) is 9.90. The van der Waals surface area contributed by atoms with Crippen LogP contribution in [0.2, 0.25) is 0 Å². The van der Waals surface area contributed by atoms with Crippen LogP contribution in [0, 0.1) is 0 Å². The molecule has 5 nitrogen and oxygen atoms in total. The summed E-state index contributed by atoms with van der Waals surface area (Å²) in [7, 11) is 3.40. The maximum Gasteiger partial charge on any atom is 0.324 e. The van der Waals surface area contributed by atoms with Crippen molar-refractivity contribution >= 4 is 17.7 Å². The van der Waals surface area contributed by atoms with E-state index in [1.807, 2.05) is 24.3 Å². The minimum absolute atomic E-state index is 0.0808. The molecule has 0 aliphatic heterocycles. The summed E-state index contributed by atoms with van der Waals surface area (Å²) in [5.41, 5.74) is 1.64. The second-order valence-electron chi connectivity index (χ2n) is 4.57. The molecule has 0 spiro atoms. The number of carbonyl (C=O) groups is 2. The van der Waals surface area contributed by atoms with E-state index in [1.165, 1.54) is 4.90 Å². The van der Waals surface area contributed by atoms with Gasteiger partial charge in [-0.2, -0.15) is 0 Å². The van der Waals surface area contributed by atoms with Crippen LogP contribution in [0.3, 0.4) is 0 Å². The topological polar surface area (TPSA) is 60.9 Å². The van der Waals surface area contributed by atoms with Crippen molar-refractivity contribution in [1.29, 1.82) is 0 Å². The molecule has 0 saturated carbocycles. The van der Waals surface area contributed by atoms with E-state index in [0.29, 0.717) is 13.0 Å². The van der Waals surface area contributed by atoms with Crippen LogP contribution < -0.4 is 4.90 Å². The summed E-state index contributed by atoms with van der Waals surface area (Å²) >= 11 is 0. The fourth-order valence-corrected chi connectivity index (χ4v) is 1.81. The Kier molecular flexibility index (Phi) is 5.77. The molecule has 20 heavy (non-hydrogen) atoms. The lowest BCUT2D eigenvalue weighted by Gasteiger charge is -2.24. The summed E-state index contributed by atoms with van der Waals surface area (Å²) in [5, 5.41) is 8.69. The monoisotopic (exact) mass is 276 g/mol. The third kappa shape index (κ3) is 4.42. The zero-order chi connectivity index (χ0) is 15.1. The number of aliphatic carboxylic acids is 1. The van der Waals surface area contributed by atoms with Gasteiger partial charge in [-0.25, -0.2) is 4.79 Å². The predicted molar refractivity (Wildman–Crippen MR) is 79.0 cm³/mol. The number of rotatable bonds is 6. The molecule has 0 atom stereocenters. The number of benzene rings is 1. The van der Waals surface area contributed by atoms with E-state index >= 15 is 0 Å². The summed E-state index contributed by atoms with van der Waals surface area (Å²) in [6, 6.07) is 7.20. The maximum atomic E-state index is 12.1. The number of anilines is 1. The van der Waals surface area contributed by atoms with Crippen LogP contribution in [0.4, 0.5) is 10.5 Å². The number of nitrogens with zero attached hydrogens (tertiary/aromatic N) is 2. The summed E-state index contributed by atoms with van der Waals surface area (Å²) < 4.78 is 0. The lowest BCUT2D eigenvalue weighted by Crippen LogP contribution is -2.38. The Morgan fingerprint density at radius 3 is 2.65 bits per heavy atom. The van der Waals surface area contributed by atoms with Gasteiger partial charge in [0.05, 0.1) is 0 Å². The predicted octanol–water partition coefficient (Wildman–Crippen LogP) is 2.38. The highest BCUT2D eigenvalue weighted by atomic mass is 16.4. The van der Waals surface area contributed by atoms with Gasteiger partial charge in [-0.3, -0.25) is 9.69 Å². The zero-order valence-corrected chi connectivity index (χ0v) is 11.9. The van der Waals surface area contributed by atoms with Crippen LogP contribution in [0.15, 0.2) is 36.9 Å². The lowest BCUT2D eigenvalue weighted by atomic mass is 10.1. The Hall–Kier alpha value is -2.30. The summed E-state index contributed by atoms with van der Waals surface area (Å²) in [4.78, 5) is 25.8. The highest BCUT2D eigenvalue weighted by Gasteiger charge is 2.14. The van der Waals surface area contributed by atoms with Crippen LogP contribution >= 0.6 is 0 Å². The maximum absolute atomic E-state index is 12.1. The molecule has 0 heterocycles. The van der Waals surface area contributed by atoms with Crippen molar-refractivity contribution in [3.63, 3.8) is 0 Å². The number of hydrogen-bond donors (Lipinski definition) is 1. The van der Waals surface area contributed by atoms with Crippen molar-refractivity contribution in [2.24, 2.45) is 0 Å². The first-order chi connectivity index (χ1) is 9.45. The average Bonchev–Trinajstić information content (AvgIpc) is 2.44. The van der Waals surface area contributed by atoms with E-state index in [-0.39, 0.29) is 12.5 Å². The van der Waals surface area contributed by atoms with Crippen molar-refractivity contribution in [2.45, 2.75) is 12.8 Å². The molecule has 0 aliphatic rings. The summed E-state index contributed by atoms with van der Waals surface area (Å²) in [6.45, 7) is 4.08. The Bertz CT molecular complexity index is 500. The van der Waals surface area contributed by atoms with Gasteiger partial charge in [0.15, 0.2) is 0 Å². The van der Waals surface area contributed by atoms with E-state index in [4.69, 9.17) is 5.11 Å². The molecule has 0 fully saturated rings. The quantitative estimate of drug-likeness (QED) is 0.811. The van der Waals surface area contributed by atoms with Gasteiger partial charge in [0.1, 0.15) is 0 Å². The molecule has 0 saturated heterocycles. The fourth-order valence-electron chi connectivity index (χ4n) is 1.81. The van der Waals surface area contributed by atoms with Crippen molar-refractivity contribution in [3.05, 3.63) is 42.5 Å². The first kappa shape index (κ1) is 15.8. The molecule has 5 heteroatoms. The SMILES string of the molecule is C=CCN(C)C(=O)N(C)c1cccc(CCC(=O)O)c1. The van der Waals surface area contributed by atoms with Gasteiger partial charge >= 0.3 is 12.0 Å². The average molecular weight is 276 g/mol. The highest BCUT2D eigenvalue weighted by molar-refractivity contribution is 5.91. The van der Waals surface area contributed by atoms with E-state index in [1.54, 1.807) is 25.1 Å². The van der Waals surface area contributed by atoms with Gasteiger partial charge in [-0.1, -0.05) is 18.2 Å². The van der Waals surface area contributed by atoms with Crippen LogP contribution in [0.25, 0.3) is 0 Å². The summed E-state index contributed by atoms with van der Waals surface area (Å²) in [5.74, 6) is -0.828. The van der Waals surface area contributed by atoms with Gasteiger partial charge in [0, 0.05) is 32.7 Å². The van der Waals surface area contributed by atoms with E-state index in [2.05, 4.69) is 6.58 Å². The highest BCUT2D eigenvalue weighted by Crippen LogP contribution is 2.17. The zero-order valence-electron chi connectivity index (χ0n) is 11.9. The Morgan fingerprint density at radius 2 is 2.05 bits per heavy atom. The van der Waals surface area contributed by atoms with Gasteiger partial charge in [-0.15, -0.1) is 6.58 Å². The van der Waals surface area contributed by atoms with Crippen molar-refractivity contribution in [1.82, 2.24) is 4.90 Å². The van der Waals surface area contributed by atoms with Gasteiger partial charge in [0.25, 0.3) is 0 Å². The number of likely N-dealkylation sites (N-methyl/N-ethyl adjacent to an activating group) is 1. The lowest BCUT2D eigenvalue weighted by molar-refractivity contribution is -0.136. The molecule has 1 aromatic rings. The van der Waals surface area contributed by atoms with E-state index in [0.717, 1.165) is 11.3 Å². The Labute approximate surface area is 119 Å². The third-order valence-corrected chi connectivity index (χ3v) is 2.94. The molecule has 0 unspecified atom stereocenters. The van der Waals surface area contributed by atoms with Gasteiger partial charge in [0.2, 0.25) is 0 Å². The molecular weight excluding hydrogens is 256 g/mol. The number of aryl methyl sites for hydroxylation is 1. The molecule has 0 radical (unpaired) electrons. The summed E-state index contributed by atoms with van der Waals surface area (Å²) in [6.07, 6.45) is 2.19. The van der Waals surface area contributed by atoms with E-state index in [9.17, 15) is 9.59 Å². The number of amides is 2. The molecule has 108 valence electrons. The number of urea groups is 1. The fraction of sp³-hybridized carbons (Fsp3) is 0.333. The van der Waals surface area contributed by atoms with E-state index < -0.39 is 5.97 Å². The number of carboxylic acids is 1. The second kappa shape index (κ2) is 7.33.